The predicted molar refractivity (Wildman–Crippen MR) is 72.3 cm³/mol. The highest BCUT2D eigenvalue weighted by Crippen LogP contribution is 2.20. The third kappa shape index (κ3) is 4.47. The Morgan fingerprint density at radius 3 is 2.33 bits per heavy atom. The smallest absolute Gasteiger partial charge is 0.321 e. The summed E-state index contributed by atoms with van der Waals surface area (Å²) in [6.45, 7) is 4.75. The van der Waals surface area contributed by atoms with Gasteiger partial charge in [-0.25, -0.2) is 17.2 Å². The Morgan fingerprint density at radius 2 is 1.86 bits per heavy atom. The van der Waals surface area contributed by atoms with Gasteiger partial charge in [0.2, 0.25) is 10.0 Å². The van der Waals surface area contributed by atoms with Gasteiger partial charge in [0.1, 0.15) is 22.6 Å². The highest BCUT2D eigenvalue weighted by Gasteiger charge is 2.28. The van der Waals surface area contributed by atoms with Crippen LogP contribution in [-0.4, -0.2) is 25.5 Å². The summed E-state index contributed by atoms with van der Waals surface area (Å²) < 4.78 is 52.9. The van der Waals surface area contributed by atoms with E-state index in [1.54, 1.807) is 13.8 Å². The quantitative estimate of drug-likeness (QED) is 0.840. The molecule has 2 N–H and O–H groups in total. The Balaban J connectivity index is 3.16. The fourth-order valence-corrected chi connectivity index (χ4v) is 3.10. The average Bonchev–Trinajstić information content (AvgIpc) is 2.31. The third-order valence-electron chi connectivity index (χ3n) is 2.81. The molecule has 0 fully saturated rings. The molecule has 1 aromatic rings. The number of carboxylic acid groups (broad SMARTS) is 1. The van der Waals surface area contributed by atoms with E-state index in [4.69, 9.17) is 5.11 Å². The van der Waals surface area contributed by atoms with E-state index in [9.17, 15) is 22.0 Å². The van der Waals surface area contributed by atoms with Gasteiger partial charge in [0.05, 0.1) is 0 Å². The maximum Gasteiger partial charge on any atom is 0.321 e. The zero-order valence-corrected chi connectivity index (χ0v) is 12.7. The van der Waals surface area contributed by atoms with E-state index in [2.05, 4.69) is 0 Å². The number of sulfonamides is 1. The molecule has 118 valence electrons. The molecule has 0 aliphatic carbocycles. The van der Waals surface area contributed by atoms with E-state index >= 15 is 0 Å². The number of hydrogen-bond acceptors (Lipinski definition) is 3. The van der Waals surface area contributed by atoms with Crippen molar-refractivity contribution in [3.05, 3.63) is 29.3 Å². The lowest BCUT2D eigenvalue weighted by Crippen LogP contribution is -2.41. The topological polar surface area (TPSA) is 83.5 Å². The molecular formula is C13H17F2NO4S. The van der Waals surface area contributed by atoms with E-state index in [0.29, 0.717) is 6.07 Å². The number of nitrogens with one attached hydrogen (secondary N) is 1. The van der Waals surface area contributed by atoms with Gasteiger partial charge in [-0.15, -0.1) is 0 Å². The summed E-state index contributed by atoms with van der Waals surface area (Å²) in [6.07, 6.45) is 0.0519. The van der Waals surface area contributed by atoms with Crippen LogP contribution in [0.15, 0.2) is 17.0 Å². The molecule has 0 aromatic heterocycles. The lowest BCUT2D eigenvalue weighted by atomic mass is 10.1. The number of carboxylic acids is 1. The zero-order valence-electron chi connectivity index (χ0n) is 11.9. The fraction of sp³-hybridized carbons (Fsp3) is 0.462. The monoisotopic (exact) mass is 321 g/mol. The van der Waals surface area contributed by atoms with E-state index in [1.165, 1.54) is 6.92 Å². The Kier molecular flexibility index (Phi) is 5.41. The van der Waals surface area contributed by atoms with E-state index in [0.717, 1.165) is 6.07 Å². The first-order chi connectivity index (χ1) is 9.54. The number of aliphatic carboxylic acids is 1. The summed E-state index contributed by atoms with van der Waals surface area (Å²) in [5.74, 6) is -3.57. The van der Waals surface area contributed by atoms with E-state index < -0.39 is 38.6 Å². The summed E-state index contributed by atoms with van der Waals surface area (Å²) in [5.41, 5.74) is -0.0486. The highest BCUT2D eigenvalue weighted by molar-refractivity contribution is 7.89. The maximum atomic E-state index is 13.6. The molecule has 1 atom stereocenters. The zero-order chi connectivity index (χ0) is 16.4. The number of rotatable bonds is 6. The standard InChI is InChI=1S/C13H17F2NO4S/c1-7(2)4-11(13(17)18)16-21(19,20)12-5-8(3)9(14)6-10(12)15/h5-7,11,16H,4H2,1-3H3,(H,17,18). The van der Waals surface area contributed by atoms with E-state index in [-0.39, 0.29) is 17.9 Å². The van der Waals surface area contributed by atoms with Crippen molar-refractivity contribution in [3.63, 3.8) is 0 Å². The van der Waals surface area contributed by atoms with E-state index in [1.807, 2.05) is 4.72 Å². The largest absolute Gasteiger partial charge is 0.480 e. The summed E-state index contributed by atoms with van der Waals surface area (Å²) in [4.78, 5) is 10.3. The van der Waals surface area contributed by atoms with Crippen LogP contribution in [0.5, 0.6) is 0 Å². The molecule has 8 heteroatoms. The molecule has 5 nitrogen and oxygen atoms in total. The molecule has 0 bridgehead atoms. The van der Waals surface area contributed by atoms with Gasteiger partial charge in [0.15, 0.2) is 0 Å². The first-order valence-corrected chi connectivity index (χ1v) is 7.73. The number of benzene rings is 1. The van der Waals surface area contributed by atoms with Gasteiger partial charge in [0, 0.05) is 6.07 Å². The molecule has 1 unspecified atom stereocenters. The molecule has 0 spiro atoms. The van der Waals surface area contributed by atoms with Gasteiger partial charge >= 0.3 is 5.97 Å². The molecule has 0 radical (unpaired) electrons. The second-order valence-electron chi connectivity index (χ2n) is 5.17. The molecule has 0 aliphatic rings. The Morgan fingerprint density at radius 1 is 1.29 bits per heavy atom. The lowest BCUT2D eigenvalue weighted by molar-refractivity contribution is -0.139. The summed E-state index contributed by atoms with van der Waals surface area (Å²) in [7, 11) is -4.39. The summed E-state index contributed by atoms with van der Waals surface area (Å²) in [5, 5.41) is 9.02. The summed E-state index contributed by atoms with van der Waals surface area (Å²) >= 11 is 0. The first-order valence-electron chi connectivity index (χ1n) is 6.25. The minimum atomic E-state index is -4.39. The molecule has 21 heavy (non-hydrogen) atoms. The second kappa shape index (κ2) is 6.48. The van der Waals surface area contributed by atoms with Gasteiger partial charge in [-0.2, -0.15) is 4.72 Å². The Hall–Kier alpha value is -1.54. The van der Waals surface area contributed by atoms with Crippen molar-refractivity contribution in [2.45, 2.75) is 38.1 Å². The number of carbonyl (C=O) groups is 1. The number of aryl methyl sites for hydroxylation is 1. The predicted octanol–water partition coefficient (Wildman–Crippen LogP) is 2.05. The number of hydrogen-bond donors (Lipinski definition) is 2. The van der Waals surface area contributed by atoms with Crippen LogP contribution in [0.3, 0.4) is 0 Å². The molecule has 0 saturated heterocycles. The van der Waals surface area contributed by atoms with Gasteiger partial charge in [-0.05, 0) is 30.9 Å². The van der Waals surface area contributed by atoms with Crippen molar-refractivity contribution >= 4 is 16.0 Å². The van der Waals surface area contributed by atoms with Crippen LogP contribution in [0.4, 0.5) is 8.78 Å². The molecular weight excluding hydrogens is 304 g/mol. The van der Waals surface area contributed by atoms with Gasteiger partial charge in [0.25, 0.3) is 0 Å². The van der Waals surface area contributed by atoms with Crippen LogP contribution in [0.25, 0.3) is 0 Å². The third-order valence-corrected chi connectivity index (χ3v) is 4.29. The van der Waals surface area contributed by atoms with Gasteiger partial charge in [-0.1, -0.05) is 13.8 Å². The van der Waals surface area contributed by atoms with Crippen molar-refractivity contribution in [2.75, 3.05) is 0 Å². The lowest BCUT2D eigenvalue weighted by Gasteiger charge is -2.17. The van der Waals surface area contributed by atoms with Crippen molar-refractivity contribution < 1.29 is 27.1 Å². The van der Waals surface area contributed by atoms with Crippen LogP contribution >= 0.6 is 0 Å². The van der Waals surface area contributed by atoms with Crippen LogP contribution < -0.4 is 4.72 Å². The second-order valence-corrected chi connectivity index (χ2v) is 6.86. The van der Waals surface area contributed by atoms with Gasteiger partial charge < -0.3 is 5.11 Å². The normalized spacial score (nSPS) is 13.4. The minimum Gasteiger partial charge on any atom is -0.480 e. The average molecular weight is 321 g/mol. The Bertz CT molecular complexity index is 644. The molecule has 0 aliphatic heterocycles. The SMILES string of the molecule is Cc1cc(S(=O)(=O)NC(CC(C)C)C(=O)O)c(F)cc1F. The highest BCUT2D eigenvalue weighted by atomic mass is 32.2. The van der Waals surface area contributed by atoms with Crippen LogP contribution in [0.2, 0.25) is 0 Å². The van der Waals surface area contributed by atoms with Crippen molar-refractivity contribution in [3.8, 4) is 0 Å². The maximum absolute atomic E-state index is 13.6. The fourth-order valence-electron chi connectivity index (χ4n) is 1.76. The van der Waals surface area contributed by atoms with Crippen molar-refractivity contribution in [1.82, 2.24) is 4.72 Å². The van der Waals surface area contributed by atoms with Crippen LogP contribution in [-0.2, 0) is 14.8 Å². The van der Waals surface area contributed by atoms with Crippen LogP contribution in [0.1, 0.15) is 25.8 Å². The molecule has 0 amide bonds. The number of halogens is 2. The molecule has 0 saturated carbocycles. The van der Waals surface area contributed by atoms with Crippen molar-refractivity contribution in [1.29, 1.82) is 0 Å². The van der Waals surface area contributed by atoms with Crippen molar-refractivity contribution in [2.24, 2.45) is 5.92 Å². The van der Waals surface area contributed by atoms with Gasteiger partial charge in [-0.3, -0.25) is 4.79 Å². The minimum absolute atomic E-state index is 0.0486. The molecule has 1 rings (SSSR count). The first kappa shape index (κ1) is 17.5. The summed E-state index contributed by atoms with van der Waals surface area (Å²) in [6, 6.07) is -0.0802. The van der Waals surface area contributed by atoms with Crippen LogP contribution in [0, 0.1) is 24.5 Å². The Labute approximate surface area is 122 Å². The molecule has 1 aromatic carbocycles. The molecule has 0 heterocycles.